The van der Waals surface area contributed by atoms with E-state index in [0.29, 0.717) is 17.1 Å². The third kappa shape index (κ3) is 3.96. The van der Waals surface area contributed by atoms with Gasteiger partial charge < -0.3 is 11.1 Å². The number of nitrogens with one attached hydrogen (secondary N) is 1. The van der Waals surface area contributed by atoms with Gasteiger partial charge in [0.2, 0.25) is 5.91 Å². The molecule has 1 aromatic carbocycles. The number of aryl methyl sites for hydroxylation is 1. The minimum absolute atomic E-state index is 0.0909. The van der Waals surface area contributed by atoms with Crippen molar-refractivity contribution in [3.8, 4) is 0 Å². The summed E-state index contributed by atoms with van der Waals surface area (Å²) in [7, 11) is 0. The van der Waals surface area contributed by atoms with Gasteiger partial charge in [-0.25, -0.2) is 9.97 Å². The second-order valence-electron chi connectivity index (χ2n) is 3.96. The molecule has 6 heteroatoms. The molecule has 0 radical (unpaired) electrons. The van der Waals surface area contributed by atoms with Crippen molar-refractivity contribution < 1.29 is 4.79 Å². The summed E-state index contributed by atoms with van der Waals surface area (Å²) in [5, 5.41) is 3.57. The lowest BCUT2D eigenvalue weighted by molar-refractivity contribution is -0.113. The van der Waals surface area contributed by atoms with Crippen LogP contribution in [0.15, 0.2) is 41.8 Å². The van der Waals surface area contributed by atoms with Crippen molar-refractivity contribution >= 4 is 29.0 Å². The maximum atomic E-state index is 11.8. The second kappa shape index (κ2) is 6.19. The van der Waals surface area contributed by atoms with Crippen molar-refractivity contribution in [3.05, 3.63) is 42.4 Å². The zero-order chi connectivity index (χ0) is 13.7. The molecule has 0 fully saturated rings. The van der Waals surface area contributed by atoms with Gasteiger partial charge in [0.25, 0.3) is 0 Å². The smallest absolute Gasteiger partial charge is 0.234 e. The van der Waals surface area contributed by atoms with E-state index >= 15 is 0 Å². The minimum atomic E-state index is -0.0909. The zero-order valence-electron chi connectivity index (χ0n) is 10.5. The number of nitrogen functional groups attached to an aromatic ring is 1. The number of aromatic nitrogens is 2. The largest absolute Gasteiger partial charge is 0.398 e. The van der Waals surface area contributed by atoms with E-state index in [1.165, 1.54) is 18.1 Å². The van der Waals surface area contributed by atoms with E-state index in [9.17, 15) is 4.79 Å². The Hall–Kier alpha value is -2.08. The third-order valence-corrected chi connectivity index (χ3v) is 3.41. The van der Waals surface area contributed by atoms with Crippen molar-refractivity contribution in [2.45, 2.75) is 11.9 Å². The van der Waals surface area contributed by atoms with E-state index in [-0.39, 0.29) is 5.91 Å². The molecule has 1 amide bonds. The standard InChI is InChI=1S/C13H14N4OS/c1-9-2-3-10(6-11(9)14)17-12(18)7-19-13-4-5-15-8-16-13/h2-6,8H,7,14H2,1H3,(H,17,18). The predicted octanol–water partition coefficient (Wildman–Crippen LogP) is 2.10. The molecule has 1 aromatic heterocycles. The molecule has 3 N–H and O–H groups in total. The number of carbonyl (C=O) groups is 1. The van der Waals surface area contributed by atoms with Gasteiger partial charge in [-0.15, -0.1) is 0 Å². The highest BCUT2D eigenvalue weighted by atomic mass is 32.2. The van der Waals surface area contributed by atoms with Crippen LogP contribution < -0.4 is 11.1 Å². The number of rotatable bonds is 4. The first-order valence-corrected chi connectivity index (χ1v) is 6.68. The average Bonchev–Trinajstić information content (AvgIpc) is 2.42. The van der Waals surface area contributed by atoms with Crippen molar-refractivity contribution in [3.63, 3.8) is 0 Å². The Morgan fingerprint density at radius 2 is 2.26 bits per heavy atom. The number of amides is 1. The molecule has 0 unspecified atom stereocenters. The van der Waals surface area contributed by atoms with Crippen LogP contribution in [-0.4, -0.2) is 21.6 Å². The molecule has 0 aliphatic heterocycles. The molecule has 0 saturated heterocycles. The van der Waals surface area contributed by atoms with Gasteiger partial charge in [0, 0.05) is 17.6 Å². The molecule has 5 nitrogen and oxygen atoms in total. The Morgan fingerprint density at radius 1 is 1.42 bits per heavy atom. The number of thioether (sulfide) groups is 1. The van der Waals surface area contributed by atoms with Crippen LogP contribution in [0.25, 0.3) is 0 Å². The molecule has 98 valence electrons. The summed E-state index contributed by atoms with van der Waals surface area (Å²) in [5.41, 5.74) is 8.15. The van der Waals surface area contributed by atoms with E-state index in [2.05, 4.69) is 15.3 Å². The van der Waals surface area contributed by atoms with Gasteiger partial charge in [0.1, 0.15) is 6.33 Å². The van der Waals surface area contributed by atoms with Crippen LogP contribution in [0.2, 0.25) is 0 Å². The molecular formula is C13H14N4OS. The summed E-state index contributed by atoms with van der Waals surface area (Å²) in [6.07, 6.45) is 3.11. The van der Waals surface area contributed by atoms with E-state index in [1.807, 2.05) is 19.1 Å². The lowest BCUT2D eigenvalue weighted by Crippen LogP contribution is -2.14. The number of hydrogen-bond donors (Lipinski definition) is 2. The highest BCUT2D eigenvalue weighted by molar-refractivity contribution is 7.99. The zero-order valence-corrected chi connectivity index (χ0v) is 11.3. The Balaban J connectivity index is 1.89. The number of benzene rings is 1. The summed E-state index contributed by atoms with van der Waals surface area (Å²) in [4.78, 5) is 19.6. The minimum Gasteiger partial charge on any atom is -0.398 e. The van der Waals surface area contributed by atoms with Crippen molar-refractivity contribution in [2.75, 3.05) is 16.8 Å². The SMILES string of the molecule is Cc1ccc(NC(=O)CSc2ccncn2)cc1N. The Kier molecular flexibility index (Phi) is 4.35. The highest BCUT2D eigenvalue weighted by Crippen LogP contribution is 2.18. The summed E-state index contributed by atoms with van der Waals surface area (Å²) in [6.45, 7) is 1.92. The first kappa shape index (κ1) is 13.4. The fraction of sp³-hybridized carbons (Fsp3) is 0.154. The fourth-order valence-corrected chi connectivity index (χ4v) is 2.05. The van der Waals surface area contributed by atoms with Crippen LogP contribution in [0.5, 0.6) is 0 Å². The van der Waals surface area contributed by atoms with Crippen LogP contribution in [0.1, 0.15) is 5.56 Å². The van der Waals surface area contributed by atoms with Crippen molar-refractivity contribution in [1.29, 1.82) is 0 Å². The Labute approximate surface area is 115 Å². The second-order valence-corrected chi connectivity index (χ2v) is 4.95. The maximum Gasteiger partial charge on any atom is 0.234 e. The van der Waals surface area contributed by atoms with Crippen molar-refractivity contribution in [2.24, 2.45) is 0 Å². The van der Waals surface area contributed by atoms with Crippen LogP contribution >= 0.6 is 11.8 Å². The van der Waals surface area contributed by atoms with Gasteiger partial charge in [-0.2, -0.15) is 0 Å². The molecule has 2 aromatic rings. The topological polar surface area (TPSA) is 80.9 Å². The average molecular weight is 274 g/mol. The van der Waals surface area contributed by atoms with Gasteiger partial charge in [-0.3, -0.25) is 4.79 Å². The summed E-state index contributed by atoms with van der Waals surface area (Å²) < 4.78 is 0. The molecule has 0 spiro atoms. The molecule has 19 heavy (non-hydrogen) atoms. The van der Waals surface area contributed by atoms with E-state index in [4.69, 9.17) is 5.73 Å². The molecule has 0 bridgehead atoms. The van der Waals surface area contributed by atoms with Crippen LogP contribution in [0.4, 0.5) is 11.4 Å². The first-order chi connectivity index (χ1) is 9.15. The van der Waals surface area contributed by atoms with Crippen LogP contribution in [-0.2, 0) is 4.79 Å². The van der Waals surface area contributed by atoms with E-state index in [0.717, 1.165) is 10.6 Å². The molecule has 0 aliphatic carbocycles. The monoisotopic (exact) mass is 274 g/mol. The summed E-state index contributed by atoms with van der Waals surface area (Å²) in [6, 6.07) is 7.23. The third-order valence-electron chi connectivity index (χ3n) is 2.47. The molecule has 0 atom stereocenters. The number of carbonyl (C=O) groups excluding carboxylic acids is 1. The summed E-state index contributed by atoms with van der Waals surface area (Å²) in [5.74, 6) is 0.206. The van der Waals surface area contributed by atoms with Crippen molar-refractivity contribution in [1.82, 2.24) is 9.97 Å². The fourth-order valence-electron chi connectivity index (χ4n) is 1.42. The molecule has 1 heterocycles. The number of anilines is 2. The number of nitrogens with zero attached hydrogens (tertiary/aromatic N) is 2. The molecule has 0 saturated carbocycles. The van der Waals surface area contributed by atoms with Crippen LogP contribution in [0, 0.1) is 6.92 Å². The van der Waals surface area contributed by atoms with Gasteiger partial charge in [-0.1, -0.05) is 17.8 Å². The van der Waals surface area contributed by atoms with Gasteiger partial charge in [0.15, 0.2) is 0 Å². The number of nitrogens with two attached hydrogens (primary N) is 1. The summed E-state index contributed by atoms with van der Waals surface area (Å²) >= 11 is 1.36. The van der Waals surface area contributed by atoms with E-state index in [1.54, 1.807) is 18.3 Å². The van der Waals surface area contributed by atoms with E-state index < -0.39 is 0 Å². The Bertz CT molecular complexity index is 574. The van der Waals surface area contributed by atoms with Gasteiger partial charge in [0.05, 0.1) is 10.8 Å². The predicted molar refractivity (Wildman–Crippen MR) is 77.0 cm³/mol. The Morgan fingerprint density at radius 3 is 2.95 bits per heavy atom. The highest BCUT2D eigenvalue weighted by Gasteiger charge is 2.05. The first-order valence-electron chi connectivity index (χ1n) is 5.70. The molecular weight excluding hydrogens is 260 g/mol. The normalized spacial score (nSPS) is 10.2. The lowest BCUT2D eigenvalue weighted by atomic mass is 10.2. The molecule has 0 aliphatic rings. The van der Waals surface area contributed by atoms with Gasteiger partial charge in [-0.05, 0) is 30.7 Å². The molecule has 2 rings (SSSR count). The van der Waals surface area contributed by atoms with Crippen LogP contribution in [0.3, 0.4) is 0 Å². The maximum absolute atomic E-state index is 11.8. The lowest BCUT2D eigenvalue weighted by Gasteiger charge is -2.07. The van der Waals surface area contributed by atoms with Gasteiger partial charge >= 0.3 is 0 Å². The quantitative estimate of drug-likeness (QED) is 0.507. The number of hydrogen-bond acceptors (Lipinski definition) is 5.